The van der Waals surface area contributed by atoms with Crippen LogP contribution in [0.25, 0.3) is 0 Å². The zero-order chi connectivity index (χ0) is 14.2. The van der Waals surface area contributed by atoms with Crippen LogP contribution in [0.15, 0.2) is 35.5 Å². The van der Waals surface area contributed by atoms with Crippen molar-refractivity contribution in [3.05, 3.63) is 35.9 Å². The second kappa shape index (κ2) is 7.65. The summed E-state index contributed by atoms with van der Waals surface area (Å²) in [6.07, 6.45) is 3.39. The molecule has 1 aromatic carbocycles. The summed E-state index contributed by atoms with van der Waals surface area (Å²) in [5, 5.41) is 12.9. The Morgan fingerprint density at radius 2 is 2.25 bits per heavy atom. The standard InChI is InChI=1S/C15H20N2O3/c18-15(19)14-7-4-8-17(12-14)9-10-20-16-11-13-5-2-1-3-6-13/h1-3,5-6,11,14H,4,7-10,12H2,(H,18,19)/b16-11+. The van der Waals surface area contributed by atoms with Crippen LogP contribution in [0, 0.1) is 5.92 Å². The summed E-state index contributed by atoms with van der Waals surface area (Å²) in [6, 6.07) is 9.75. The maximum Gasteiger partial charge on any atom is 0.307 e. The number of oxime groups is 1. The minimum Gasteiger partial charge on any atom is -0.481 e. The van der Waals surface area contributed by atoms with Gasteiger partial charge in [0, 0.05) is 13.1 Å². The van der Waals surface area contributed by atoms with Crippen LogP contribution < -0.4 is 0 Å². The van der Waals surface area contributed by atoms with Crippen molar-refractivity contribution in [3.63, 3.8) is 0 Å². The highest BCUT2D eigenvalue weighted by Crippen LogP contribution is 2.16. The van der Waals surface area contributed by atoms with Gasteiger partial charge in [-0.25, -0.2) is 0 Å². The third-order valence-corrected chi connectivity index (χ3v) is 3.43. The predicted molar refractivity (Wildman–Crippen MR) is 76.8 cm³/mol. The minimum absolute atomic E-state index is 0.239. The average molecular weight is 276 g/mol. The summed E-state index contributed by atoms with van der Waals surface area (Å²) in [7, 11) is 0. The molecule has 0 bridgehead atoms. The van der Waals surface area contributed by atoms with Gasteiger partial charge >= 0.3 is 5.97 Å². The lowest BCUT2D eigenvalue weighted by atomic mass is 9.98. The van der Waals surface area contributed by atoms with Crippen LogP contribution in [0.5, 0.6) is 0 Å². The first-order valence-corrected chi connectivity index (χ1v) is 6.91. The molecule has 5 heteroatoms. The molecule has 0 saturated carbocycles. The fourth-order valence-corrected chi connectivity index (χ4v) is 2.32. The second-order valence-corrected chi connectivity index (χ2v) is 4.96. The van der Waals surface area contributed by atoms with Crippen LogP contribution in [-0.2, 0) is 9.63 Å². The molecular formula is C15H20N2O3. The van der Waals surface area contributed by atoms with E-state index >= 15 is 0 Å². The molecule has 1 unspecified atom stereocenters. The molecule has 0 radical (unpaired) electrons. The largest absolute Gasteiger partial charge is 0.481 e. The van der Waals surface area contributed by atoms with Crippen molar-refractivity contribution in [3.8, 4) is 0 Å². The van der Waals surface area contributed by atoms with Gasteiger partial charge in [0.1, 0.15) is 6.61 Å². The Bertz CT molecular complexity index is 448. The summed E-state index contributed by atoms with van der Waals surface area (Å²) in [6.45, 7) is 2.75. The highest BCUT2D eigenvalue weighted by atomic mass is 16.6. The van der Waals surface area contributed by atoms with Crippen LogP contribution in [-0.4, -0.2) is 48.4 Å². The topological polar surface area (TPSA) is 62.1 Å². The first kappa shape index (κ1) is 14.5. The SMILES string of the molecule is O=C(O)C1CCCN(CCO/N=C/c2ccccc2)C1. The molecule has 1 heterocycles. The minimum atomic E-state index is -0.697. The lowest BCUT2D eigenvalue weighted by molar-refractivity contribution is -0.143. The first-order chi connectivity index (χ1) is 9.75. The number of benzene rings is 1. The summed E-state index contributed by atoms with van der Waals surface area (Å²) in [5.74, 6) is -0.936. The van der Waals surface area contributed by atoms with Gasteiger partial charge in [-0.15, -0.1) is 0 Å². The summed E-state index contributed by atoms with van der Waals surface area (Å²) in [4.78, 5) is 18.3. The van der Waals surface area contributed by atoms with Crippen LogP contribution in [0.1, 0.15) is 18.4 Å². The normalized spacial score (nSPS) is 20.1. The molecular weight excluding hydrogens is 256 g/mol. The molecule has 0 amide bonds. The van der Waals surface area contributed by atoms with E-state index in [9.17, 15) is 4.79 Å². The molecule has 0 aliphatic carbocycles. The predicted octanol–water partition coefficient (Wildman–Crippen LogP) is 1.83. The number of carboxylic acids is 1. The van der Waals surface area contributed by atoms with Gasteiger partial charge in [0.05, 0.1) is 12.1 Å². The monoisotopic (exact) mass is 276 g/mol. The number of hydrogen-bond acceptors (Lipinski definition) is 4. The molecule has 0 aromatic heterocycles. The van der Waals surface area contributed by atoms with Gasteiger partial charge in [-0.3, -0.25) is 9.69 Å². The molecule has 1 aliphatic heterocycles. The van der Waals surface area contributed by atoms with Gasteiger partial charge in [0.15, 0.2) is 0 Å². The Kier molecular flexibility index (Phi) is 5.55. The zero-order valence-corrected chi connectivity index (χ0v) is 11.4. The van der Waals surface area contributed by atoms with E-state index in [0.29, 0.717) is 13.2 Å². The third-order valence-electron chi connectivity index (χ3n) is 3.43. The van der Waals surface area contributed by atoms with E-state index in [1.54, 1.807) is 6.21 Å². The molecule has 1 aromatic rings. The van der Waals surface area contributed by atoms with Gasteiger partial charge in [0.25, 0.3) is 0 Å². The van der Waals surface area contributed by atoms with E-state index in [-0.39, 0.29) is 5.92 Å². The zero-order valence-electron chi connectivity index (χ0n) is 11.4. The van der Waals surface area contributed by atoms with E-state index < -0.39 is 5.97 Å². The number of hydrogen-bond donors (Lipinski definition) is 1. The van der Waals surface area contributed by atoms with Crippen LogP contribution in [0.2, 0.25) is 0 Å². The van der Waals surface area contributed by atoms with Crippen molar-refractivity contribution in [2.45, 2.75) is 12.8 Å². The molecule has 2 rings (SSSR count). The van der Waals surface area contributed by atoms with Gasteiger partial charge < -0.3 is 9.94 Å². The maximum absolute atomic E-state index is 11.0. The smallest absolute Gasteiger partial charge is 0.307 e. The molecule has 0 spiro atoms. The lowest BCUT2D eigenvalue weighted by Gasteiger charge is -2.29. The van der Waals surface area contributed by atoms with Crippen LogP contribution >= 0.6 is 0 Å². The van der Waals surface area contributed by atoms with Crippen molar-refractivity contribution >= 4 is 12.2 Å². The molecule has 1 atom stereocenters. The van der Waals surface area contributed by atoms with Gasteiger partial charge in [-0.05, 0) is 24.9 Å². The highest BCUT2D eigenvalue weighted by molar-refractivity contribution is 5.78. The first-order valence-electron chi connectivity index (χ1n) is 6.91. The molecule has 1 aliphatic rings. The fourth-order valence-electron chi connectivity index (χ4n) is 2.32. The van der Waals surface area contributed by atoms with Gasteiger partial charge in [0.2, 0.25) is 0 Å². The molecule has 108 valence electrons. The number of aliphatic carboxylic acids is 1. The Labute approximate surface area is 118 Å². The van der Waals surface area contributed by atoms with Crippen molar-refractivity contribution in [1.29, 1.82) is 0 Å². The molecule has 1 saturated heterocycles. The molecule has 1 N–H and O–H groups in total. The number of nitrogens with zero attached hydrogens (tertiary/aromatic N) is 2. The molecule has 1 fully saturated rings. The molecule has 5 nitrogen and oxygen atoms in total. The van der Waals surface area contributed by atoms with Crippen molar-refractivity contribution in [1.82, 2.24) is 4.90 Å². The van der Waals surface area contributed by atoms with Crippen molar-refractivity contribution in [2.75, 3.05) is 26.2 Å². The van der Waals surface area contributed by atoms with E-state index in [1.807, 2.05) is 30.3 Å². The number of carboxylic acid groups (broad SMARTS) is 1. The van der Waals surface area contributed by atoms with Gasteiger partial charge in [-0.2, -0.15) is 0 Å². The maximum atomic E-state index is 11.0. The quantitative estimate of drug-likeness (QED) is 0.489. The Hall–Kier alpha value is -1.88. The summed E-state index contributed by atoms with van der Waals surface area (Å²) >= 11 is 0. The highest BCUT2D eigenvalue weighted by Gasteiger charge is 2.24. The van der Waals surface area contributed by atoms with Gasteiger partial charge in [-0.1, -0.05) is 35.5 Å². The van der Waals surface area contributed by atoms with E-state index in [0.717, 1.165) is 31.5 Å². The van der Waals surface area contributed by atoms with E-state index in [1.165, 1.54) is 0 Å². The lowest BCUT2D eigenvalue weighted by Crippen LogP contribution is -2.40. The van der Waals surface area contributed by atoms with E-state index in [4.69, 9.17) is 9.94 Å². The third kappa shape index (κ3) is 4.66. The molecule has 20 heavy (non-hydrogen) atoms. The van der Waals surface area contributed by atoms with Crippen LogP contribution in [0.4, 0.5) is 0 Å². The second-order valence-electron chi connectivity index (χ2n) is 4.96. The van der Waals surface area contributed by atoms with Crippen LogP contribution in [0.3, 0.4) is 0 Å². The number of carbonyl (C=O) groups is 1. The summed E-state index contributed by atoms with van der Waals surface area (Å²) < 4.78 is 0. The van der Waals surface area contributed by atoms with E-state index in [2.05, 4.69) is 10.1 Å². The summed E-state index contributed by atoms with van der Waals surface area (Å²) in [5.41, 5.74) is 0.997. The Balaban J connectivity index is 1.66. The Morgan fingerprint density at radius 3 is 3.00 bits per heavy atom. The number of likely N-dealkylation sites (tertiary alicyclic amines) is 1. The van der Waals surface area contributed by atoms with Crippen molar-refractivity contribution in [2.24, 2.45) is 11.1 Å². The number of rotatable bonds is 6. The van der Waals surface area contributed by atoms with Crippen molar-refractivity contribution < 1.29 is 14.7 Å². The average Bonchev–Trinajstić information content (AvgIpc) is 2.48. The Morgan fingerprint density at radius 1 is 1.45 bits per heavy atom. The fraction of sp³-hybridized carbons (Fsp3) is 0.467. The number of piperidine rings is 1.